The van der Waals surface area contributed by atoms with Gasteiger partial charge >= 0.3 is 0 Å². The number of rotatable bonds is 8. The van der Waals surface area contributed by atoms with Crippen LogP contribution in [0.1, 0.15) is 11.1 Å². The molecule has 0 aliphatic heterocycles. The van der Waals surface area contributed by atoms with Gasteiger partial charge in [0.2, 0.25) is 0 Å². The molecule has 0 unspecified atom stereocenters. The molecule has 1 amide bonds. The number of benzene rings is 3. The van der Waals surface area contributed by atoms with Gasteiger partial charge in [-0.05, 0) is 60.2 Å². The van der Waals surface area contributed by atoms with Gasteiger partial charge in [-0.3, -0.25) is 4.79 Å². The second-order valence-corrected chi connectivity index (χ2v) is 8.86. The van der Waals surface area contributed by atoms with E-state index in [9.17, 15) is 4.79 Å². The van der Waals surface area contributed by atoms with Crippen LogP contribution in [0, 0.1) is 0 Å². The lowest BCUT2D eigenvalue weighted by Gasteiger charge is -2.08. The Morgan fingerprint density at radius 2 is 1.77 bits per heavy atom. The molecule has 3 aromatic carbocycles. The van der Waals surface area contributed by atoms with Crippen LogP contribution in [-0.2, 0) is 11.4 Å². The van der Waals surface area contributed by atoms with Crippen molar-refractivity contribution in [1.82, 2.24) is 5.43 Å². The standard InChI is InChI=1S/C22H16Br2Cl2N2O3/c23-16-4-3-15(19(24)9-16)12-30-18-6-1-14(2-7-18)11-27-28-22(29)13-31-21-8-5-17(25)10-20(21)26/h1-11H,12-13H2,(H,28,29)/b27-11-. The van der Waals surface area contributed by atoms with Crippen LogP contribution in [0.4, 0.5) is 0 Å². The van der Waals surface area contributed by atoms with Crippen molar-refractivity contribution < 1.29 is 14.3 Å². The van der Waals surface area contributed by atoms with E-state index in [4.69, 9.17) is 32.7 Å². The molecule has 5 nitrogen and oxygen atoms in total. The molecule has 0 spiro atoms. The fraction of sp³-hybridized carbons (Fsp3) is 0.0909. The number of nitrogens with zero attached hydrogens (tertiary/aromatic N) is 1. The molecule has 3 rings (SSSR count). The van der Waals surface area contributed by atoms with Crippen molar-refractivity contribution in [3.05, 3.63) is 90.8 Å². The van der Waals surface area contributed by atoms with Crippen molar-refractivity contribution in [2.75, 3.05) is 6.61 Å². The maximum Gasteiger partial charge on any atom is 0.277 e. The molecule has 0 fully saturated rings. The largest absolute Gasteiger partial charge is 0.489 e. The third-order valence-corrected chi connectivity index (χ3v) is 5.71. The molecule has 0 radical (unpaired) electrons. The Hall–Kier alpha value is -2.06. The number of hydrazone groups is 1. The van der Waals surface area contributed by atoms with Gasteiger partial charge in [-0.15, -0.1) is 0 Å². The molecule has 0 saturated carbocycles. The monoisotopic (exact) mass is 584 g/mol. The number of amides is 1. The van der Waals surface area contributed by atoms with E-state index in [1.807, 2.05) is 42.5 Å². The molecule has 1 N–H and O–H groups in total. The van der Waals surface area contributed by atoms with Crippen molar-refractivity contribution in [2.45, 2.75) is 6.61 Å². The fourth-order valence-corrected chi connectivity index (χ4v) is 4.02. The molecular formula is C22H16Br2Cl2N2O3. The molecular weight excluding hydrogens is 571 g/mol. The maximum atomic E-state index is 11.9. The Labute approximate surface area is 206 Å². The highest BCUT2D eigenvalue weighted by atomic mass is 79.9. The van der Waals surface area contributed by atoms with Crippen LogP contribution in [0.25, 0.3) is 0 Å². The molecule has 31 heavy (non-hydrogen) atoms. The third-order valence-electron chi connectivity index (χ3n) is 3.95. The lowest BCUT2D eigenvalue weighted by molar-refractivity contribution is -0.123. The average molecular weight is 587 g/mol. The molecule has 0 atom stereocenters. The van der Waals surface area contributed by atoms with Crippen LogP contribution in [0.3, 0.4) is 0 Å². The highest BCUT2D eigenvalue weighted by molar-refractivity contribution is 9.11. The van der Waals surface area contributed by atoms with E-state index in [1.54, 1.807) is 18.2 Å². The van der Waals surface area contributed by atoms with Gasteiger partial charge in [-0.25, -0.2) is 5.43 Å². The van der Waals surface area contributed by atoms with Crippen molar-refractivity contribution in [3.63, 3.8) is 0 Å². The van der Waals surface area contributed by atoms with Crippen molar-refractivity contribution in [1.29, 1.82) is 0 Å². The zero-order chi connectivity index (χ0) is 22.2. The zero-order valence-electron chi connectivity index (χ0n) is 15.9. The summed E-state index contributed by atoms with van der Waals surface area (Å²) in [7, 11) is 0. The molecule has 9 heteroatoms. The first-order valence-corrected chi connectivity index (χ1v) is 11.3. The second kappa shape index (κ2) is 11.5. The van der Waals surface area contributed by atoms with E-state index in [0.29, 0.717) is 22.4 Å². The SMILES string of the molecule is O=C(COc1ccc(Cl)cc1Cl)N/N=C\c1ccc(OCc2ccc(Br)cc2Br)cc1. The molecule has 0 bridgehead atoms. The summed E-state index contributed by atoms with van der Waals surface area (Å²) < 4.78 is 13.1. The predicted octanol–water partition coefficient (Wildman–Crippen LogP) is 6.63. The second-order valence-electron chi connectivity index (χ2n) is 6.25. The Morgan fingerprint density at radius 1 is 1.00 bits per heavy atom. The Balaban J connectivity index is 1.45. The lowest BCUT2D eigenvalue weighted by Crippen LogP contribution is -2.24. The number of hydrogen-bond acceptors (Lipinski definition) is 4. The molecule has 160 valence electrons. The first-order chi connectivity index (χ1) is 14.9. The van der Waals surface area contributed by atoms with Crippen molar-refractivity contribution in [3.8, 4) is 11.5 Å². The van der Waals surface area contributed by atoms with Gasteiger partial charge in [0.1, 0.15) is 18.1 Å². The summed E-state index contributed by atoms with van der Waals surface area (Å²) in [5.41, 5.74) is 4.25. The quantitative estimate of drug-likeness (QED) is 0.238. The summed E-state index contributed by atoms with van der Waals surface area (Å²) in [5, 5.41) is 4.75. The Bertz CT molecular complexity index is 1090. The fourth-order valence-electron chi connectivity index (χ4n) is 2.40. The molecule has 0 heterocycles. The maximum absolute atomic E-state index is 11.9. The first kappa shape index (κ1) is 23.6. The highest BCUT2D eigenvalue weighted by Gasteiger charge is 2.06. The summed E-state index contributed by atoms with van der Waals surface area (Å²) in [6.07, 6.45) is 1.53. The summed E-state index contributed by atoms with van der Waals surface area (Å²) in [6.45, 7) is 0.214. The molecule has 0 saturated heterocycles. The Kier molecular flexibility index (Phi) is 8.78. The van der Waals surface area contributed by atoms with Gasteiger partial charge < -0.3 is 9.47 Å². The van der Waals surface area contributed by atoms with Gasteiger partial charge in [0.25, 0.3) is 5.91 Å². The van der Waals surface area contributed by atoms with E-state index >= 15 is 0 Å². The number of hydrogen-bond donors (Lipinski definition) is 1. The zero-order valence-corrected chi connectivity index (χ0v) is 20.6. The average Bonchev–Trinajstić information content (AvgIpc) is 2.73. The van der Waals surface area contributed by atoms with Crippen LogP contribution >= 0.6 is 55.1 Å². The first-order valence-electron chi connectivity index (χ1n) is 8.97. The van der Waals surface area contributed by atoms with Gasteiger partial charge in [0, 0.05) is 19.5 Å². The van der Waals surface area contributed by atoms with Crippen LogP contribution in [0.5, 0.6) is 11.5 Å². The smallest absolute Gasteiger partial charge is 0.277 e. The van der Waals surface area contributed by atoms with E-state index < -0.39 is 5.91 Å². The molecule has 0 aromatic heterocycles. The molecule has 0 aliphatic carbocycles. The van der Waals surface area contributed by atoms with E-state index in [-0.39, 0.29) is 6.61 Å². The van der Waals surface area contributed by atoms with Crippen molar-refractivity contribution >= 4 is 67.2 Å². The minimum absolute atomic E-state index is 0.225. The summed E-state index contributed by atoms with van der Waals surface area (Å²) >= 11 is 18.8. The van der Waals surface area contributed by atoms with E-state index in [2.05, 4.69) is 42.4 Å². The topological polar surface area (TPSA) is 59.9 Å². The third kappa shape index (κ3) is 7.54. The van der Waals surface area contributed by atoms with Crippen LogP contribution in [0.2, 0.25) is 10.0 Å². The van der Waals surface area contributed by atoms with Crippen molar-refractivity contribution in [2.24, 2.45) is 5.10 Å². The predicted molar refractivity (Wildman–Crippen MR) is 130 cm³/mol. The number of carbonyl (C=O) groups is 1. The minimum atomic E-state index is -0.415. The van der Waals surface area contributed by atoms with Crippen LogP contribution in [-0.4, -0.2) is 18.7 Å². The normalized spacial score (nSPS) is 10.8. The summed E-state index contributed by atoms with van der Waals surface area (Å²) in [4.78, 5) is 11.9. The molecule has 3 aromatic rings. The summed E-state index contributed by atoms with van der Waals surface area (Å²) in [5.74, 6) is 0.683. The summed E-state index contributed by atoms with van der Waals surface area (Å²) in [6, 6.07) is 18.0. The number of halogens is 4. The Morgan fingerprint density at radius 3 is 2.48 bits per heavy atom. The van der Waals surface area contributed by atoms with Crippen LogP contribution in [0.15, 0.2) is 74.7 Å². The molecule has 0 aliphatic rings. The van der Waals surface area contributed by atoms with Gasteiger partial charge in [0.05, 0.1) is 11.2 Å². The highest BCUT2D eigenvalue weighted by Crippen LogP contribution is 2.27. The van der Waals surface area contributed by atoms with Gasteiger partial charge in [-0.1, -0.05) is 61.1 Å². The van der Waals surface area contributed by atoms with E-state index in [1.165, 1.54) is 6.21 Å². The number of nitrogens with one attached hydrogen (secondary N) is 1. The minimum Gasteiger partial charge on any atom is -0.489 e. The van der Waals surface area contributed by atoms with Crippen LogP contribution < -0.4 is 14.9 Å². The number of ether oxygens (including phenoxy) is 2. The van der Waals surface area contributed by atoms with Gasteiger partial charge in [0.15, 0.2) is 6.61 Å². The van der Waals surface area contributed by atoms with Gasteiger partial charge in [-0.2, -0.15) is 5.10 Å². The lowest BCUT2D eigenvalue weighted by atomic mass is 10.2. The van der Waals surface area contributed by atoms with E-state index in [0.717, 1.165) is 25.8 Å². The number of carbonyl (C=O) groups excluding carboxylic acids is 1.